The van der Waals surface area contributed by atoms with Gasteiger partial charge in [-0.25, -0.2) is 0 Å². The molecule has 17 heavy (non-hydrogen) atoms. The molecular formula is C13H26N2O2. The number of hydrogen-bond acceptors (Lipinski definition) is 4. The van der Waals surface area contributed by atoms with Gasteiger partial charge in [0.15, 0.2) is 0 Å². The molecule has 0 unspecified atom stereocenters. The number of carbonyl (C=O) groups excluding carboxylic acids is 1. The molecule has 0 bridgehead atoms. The van der Waals surface area contributed by atoms with Crippen molar-refractivity contribution in [3.8, 4) is 0 Å². The van der Waals surface area contributed by atoms with Gasteiger partial charge in [-0.1, -0.05) is 12.8 Å². The molecule has 4 heteroatoms. The highest BCUT2D eigenvalue weighted by molar-refractivity contribution is 5.69. The van der Waals surface area contributed by atoms with Crippen molar-refractivity contribution < 1.29 is 9.53 Å². The molecule has 1 saturated carbocycles. The molecule has 0 heterocycles. The third kappa shape index (κ3) is 4.28. The topological polar surface area (TPSA) is 41.6 Å². The monoisotopic (exact) mass is 242 g/mol. The summed E-state index contributed by atoms with van der Waals surface area (Å²) >= 11 is 0. The standard InChI is InChI=1S/C13H26N2O2/c1-15(2)13(8-4-5-9-13)11-14-10-6-7-12(16)17-3/h14H,4-11H2,1-3H3. The molecule has 4 nitrogen and oxygen atoms in total. The SMILES string of the molecule is COC(=O)CCCNCC1(N(C)C)CCCC1. The highest BCUT2D eigenvalue weighted by Gasteiger charge is 2.35. The Kier molecular flexibility index (Phi) is 5.92. The minimum absolute atomic E-state index is 0.116. The van der Waals surface area contributed by atoms with E-state index in [1.54, 1.807) is 0 Å². The van der Waals surface area contributed by atoms with Crippen LogP contribution >= 0.6 is 0 Å². The zero-order valence-electron chi connectivity index (χ0n) is 11.4. The van der Waals surface area contributed by atoms with Crippen molar-refractivity contribution in [1.29, 1.82) is 0 Å². The van der Waals surface area contributed by atoms with Gasteiger partial charge in [0.2, 0.25) is 0 Å². The Morgan fingerprint density at radius 1 is 1.35 bits per heavy atom. The van der Waals surface area contributed by atoms with Gasteiger partial charge in [-0.15, -0.1) is 0 Å². The average molecular weight is 242 g/mol. The average Bonchev–Trinajstić information content (AvgIpc) is 2.78. The molecule has 0 radical (unpaired) electrons. The van der Waals surface area contributed by atoms with E-state index < -0.39 is 0 Å². The number of likely N-dealkylation sites (N-methyl/N-ethyl adjacent to an activating group) is 1. The summed E-state index contributed by atoms with van der Waals surface area (Å²) in [7, 11) is 5.78. The Balaban J connectivity index is 2.18. The van der Waals surface area contributed by atoms with Crippen LogP contribution in [0.1, 0.15) is 38.5 Å². The van der Waals surface area contributed by atoms with Crippen LogP contribution in [0.15, 0.2) is 0 Å². The Labute approximate surface area is 105 Å². The molecule has 0 saturated heterocycles. The fourth-order valence-corrected chi connectivity index (χ4v) is 2.60. The number of nitrogens with one attached hydrogen (secondary N) is 1. The molecular weight excluding hydrogens is 216 g/mol. The smallest absolute Gasteiger partial charge is 0.305 e. The molecule has 1 rings (SSSR count). The summed E-state index contributed by atoms with van der Waals surface area (Å²) in [6.45, 7) is 1.92. The normalized spacial score (nSPS) is 18.6. The van der Waals surface area contributed by atoms with Gasteiger partial charge in [0.05, 0.1) is 7.11 Å². The van der Waals surface area contributed by atoms with E-state index in [-0.39, 0.29) is 5.97 Å². The van der Waals surface area contributed by atoms with Crippen LogP contribution in [0.5, 0.6) is 0 Å². The molecule has 1 aliphatic rings. The molecule has 0 aromatic rings. The fourth-order valence-electron chi connectivity index (χ4n) is 2.60. The van der Waals surface area contributed by atoms with E-state index in [0.29, 0.717) is 12.0 Å². The van der Waals surface area contributed by atoms with E-state index in [1.165, 1.54) is 32.8 Å². The van der Waals surface area contributed by atoms with Gasteiger partial charge < -0.3 is 15.0 Å². The van der Waals surface area contributed by atoms with Crippen LogP contribution in [-0.4, -0.2) is 50.7 Å². The third-order valence-corrected chi connectivity index (χ3v) is 3.90. The number of rotatable bonds is 7. The van der Waals surface area contributed by atoms with Gasteiger partial charge in [0.1, 0.15) is 0 Å². The second-order valence-electron chi connectivity index (χ2n) is 5.18. The van der Waals surface area contributed by atoms with Gasteiger partial charge in [0, 0.05) is 18.5 Å². The van der Waals surface area contributed by atoms with Gasteiger partial charge in [0.25, 0.3) is 0 Å². The summed E-state index contributed by atoms with van der Waals surface area (Å²) in [6.07, 6.45) is 6.60. The zero-order valence-corrected chi connectivity index (χ0v) is 11.4. The summed E-state index contributed by atoms with van der Waals surface area (Å²) < 4.78 is 4.61. The quantitative estimate of drug-likeness (QED) is 0.541. The highest BCUT2D eigenvalue weighted by atomic mass is 16.5. The van der Waals surface area contributed by atoms with Crippen molar-refractivity contribution in [3.05, 3.63) is 0 Å². The lowest BCUT2D eigenvalue weighted by Gasteiger charge is -2.36. The fraction of sp³-hybridized carbons (Fsp3) is 0.923. The first-order chi connectivity index (χ1) is 8.10. The van der Waals surface area contributed by atoms with Gasteiger partial charge in [-0.3, -0.25) is 4.79 Å². The van der Waals surface area contributed by atoms with Crippen molar-refractivity contribution >= 4 is 5.97 Å². The molecule has 1 fully saturated rings. The summed E-state index contributed by atoms with van der Waals surface area (Å²) in [5.41, 5.74) is 0.339. The molecule has 0 aromatic carbocycles. The van der Waals surface area contributed by atoms with E-state index in [4.69, 9.17) is 0 Å². The van der Waals surface area contributed by atoms with Gasteiger partial charge >= 0.3 is 5.97 Å². The Morgan fingerprint density at radius 2 is 2.00 bits per heavy atom. The minimum Gasteiger partial charge on any atom is -0.469 e. The number of esters is 1. The maximum atomic E-state index is 10.9. The van der Waals surface area contributed by atoms with E-state index in [0.717, 1.165) is 19.5 Å². The van der Waals surface area contributed by atoms with Crippen LogP contribution in [0.2, 0.25) is 0 Å². The lowest BCUT2D eigenvalue weighted by atomic mass is 9.96. The number of carbonyl (C=O) groups is 1. The number of hydrogen-bond donors (Lipinski definition) is 1. The second-order valence-corrected chi connectivity index (χ2v) is 5.18. The minimum atomic E-state index is -0.116. The maximum Gasteiger partial charge on any atom is 0.305 e. The molecule has 0 aromatic heterocycles. The predicted octanol–water partition coefficient (Wildman–Crippen LogP) is 1.40. The maximum absolute atomic E-state index is 10.9. The summed E-state index contributed by atoms with van der Waals surface area (Å²) in [4.78, 5) is 13.3. The highest BCUT2D eigenvalue weighted by Crippen LogP contribution is 2.32. The Morgan fingerprint density at radius 3 is 2.53 bits per heavy atom. The molecule has 1 N–H and O–H groups in total. The number of methoxy groups -OCH3 is 1. The van der Waals surface area contributed by atoms with Crippen LogP contribution < -0.4 is 5.32 Å². The van der Waals surface area contributed by atoms with Crippen molar-refractivity contribution in [2.45, 2.75) is 44.1 Å². The van der Waals surface area contributed by atoms with Crippen molar-refractivity contribution in [2.75, 3.05) is 34.3 Å². The Hall–Kier alpha value is -0.610. The van der Waals surface area contributed by atoms with Crippen LogP contribution in [0, 0.1) is 0 Å². The number of nitrogens with zero attached hydrogens (tertiary/aromatic N) is 1. The van der Waals surface area contributed by atoms with Crippen molar-refractivity contribution in [2.24, 2.45) is 0 Å². The van der Waals surface area contributed by atoms with Crippen molar-refractivity contribution in [1.82, 2.24) is 10.2 Å². The van der Waals surface area contributed by atoms with E-state index in [9.17, 15) is 4.79 Å². The summed E-state index contributed by atoms with van der Waals surface area (Å²) in [6, 6.07) is 0. The molecule has 100 valence electrons. The van der Waals surface area contributed by atoms with Gasteiger partial charge in [-0.05, 0) is 39.9 Å². The third-order valence-electron chi connectivity index (χ3n) is 3.90. The molecule has 0 aliphatic heterocycles. The van der Waals surface area contributed by atoms with Crippen molar-refractivity contribution in [3.63, 3.8) is 0 Å². The Bertz CT molecular complexity index is 236. The van der Waals surface area contributed by atoms with Crippen LogP contribution in [0.3, 0.4) is 0 Å². The zero-order chi connectivity index (χ0) is 12.7. The van der Waals surface area contributed by atoms with Crippen LogP contribution in [0.4, 0.5) is 0 Å². The van der Waals surface area contributed by atoms with E-state index in [2.05, 4.69) is 29.0 Å². The lowest BCUT2D eigenvalue weighted by Crippen LogP contribution is -2.49. The van der Waals surface area contributed by atoms with E-state index in [1.807, 2.05) is 0 Å². The molecule has 0 atom stereocenters. The first kappa shape index (κ1) is 14.5. The van der Waals surface area contributed by atoms with Crippen LogP contribution in [0.25, 0.3) is 0 Å². The first-order valence-electron chi connectivity index (χ1n) is 6.56. The van der Waals surface area contributed by atoms with E-state index >= 15 is 0 Å². The summed E-state index contributed by atoms with van der Waals surface area (Å²) in [5, 5.41) is 3.48. The summed E-state index contributed by atoms with van der Waals surface area (Å²) in [5.74, 6) is -0.116. The first-order valence-corrected chi connectivity index (χ1v) is 6.56. The second kappa shape index (κ2) is 6.97. The molecule has 0 amide bonds. The molecule has 0 spiro atoms. The lowest BCUT2D eigenvalue weighted by molar-refractivity contribution is -0.140. The van der Waals surface area contributed by atoms with Crippen LogP contribution in [-0.2, 0) is 9.53 Å². The van der Waals surface area contributed by atoms with Gasteiger partial charge in [-0.2, -0.15) is 0 Å². The molecule has 1 aliphatic carbocycles. The largest absolute Gasteiger partial charge is 0.469 e. The predicted molar refractivity (Wildman–Crippen MR) is 69.0 cm³/mol. The number of ether oxygens (including phenoxy) is 1.